The first-order chi connectivity index (χ1) is 9.42. The molecule has 1 aliphatic heterocycles. The number of likely N-dealkylation sites (tertiary alicyclic amines) is 1. The summed E-state index contributed by atoms with van der Waals surface area (Å²) in [7, 11) is 3.39. The molecule has 0 amide bonds. The lowest BCUT2D eigenvalue weighted by Gasteiger charge is -2.33. The molecular weight excluding hydrogens is 252 g/mol. The summed E-state index contributed by atoms with van der Waals surface area (Å²) in [6.45, 7) is 10.0. The highest BCUT2D eigenvalue weighted by Gasteiger charge is 2.29. The topological polar surface area (TPSA) is 47.7 Å². The molecule has 2 unspecified atom stereocenters. The normalized spacial score (nSPS) is 23.9. The highest BCUT2D eigenvalue weighted by molar-refractivity contribution is 4.82. The first-order valence-electron chi connectivity index (χ1n) is 7.92. The van der Waals surface area contributed by atoms with Crippen LogP contribution in [0.15, 0.2) is 0 Å². The van der Waals surface area contributed by atoms with Crippen LogP contribution in [0.1, 0.15) is 46.5 Å². The average Bonchev–Trinajstić information content (AvgIpc) is 2.66. The third-order valence-electron chi connectivity index (χ3n) is 4.77. The maximum absolute atomic E-state index is 5.98. The maximum Gasteiger partial charge on any atom is 0.158 e. The van der Waals surface area contributed by atoms with Gasteiger partial charge in [0.25, 0.3) is 0 Å². The SMILES string of the molecule is COC(CC(CN)N1CCCC(C(C)(C)C)CC1)OC. The van der Waals surface area contributed by atoms with Gasteiger partial charge in [0.05, 0.1) is 0 Å². The quantitative estimate of drug-likeness (QED) is 0.762. The standard InChI is InChI=1S/C16H34N2O2/c1-16(2,3)13-7-6-9-18(10-8-13)14(12-17)11-15(19-4)20-5/h13-15H,6-12,17H2,1-5H3. The molecule has 1 heterocycles. The molecule has 4 heteroatoms. The fourth-order valence-electron chi connectivity index (χ4n) is 3.25. The highest BCUT2D eigenvalue weighted by Crippen LogP contribution is 2.34. The number of hydrogen-bond acceptors (Lipinski definition) is 4. The van der Waals surface area contributed by atoms with Crippen molar-refractivity contribution in [3.05, 3.63) is 0 Å². The van der Waals surface area contributed by atoms with Crippen LogP contribution in [0, 0.1) is 11.3 Å². The zero-order valence-corrected chi connectivity index (χ0v) is 14.0. The van der Waals surface area contributed by atoms with E-state index < -0.39 is 0 Å². The van der Waals surface area contributed by atoms with E-state index in [0.29, 0.717) is 18.0 Å². The number of nitrogens with zero attached hydrogens (tertiary/aromatic N) is 1. The van der Waals surface area contributed by atoms with E-state index in [9.17, 15) is 0 Å². The molecule has 120 valence electrons. The zero-order chi connectivity index (χ0) is 15.2. The molecule has 0 radical (unpaired) electrons. The van der Waals surface area contributed by atoms with Gasteiger partial charge >= 0.3 is 0 Å². The van der Waals surface area contributed by atoms with Crippen LogP contribution in [0.2, 0.25) is 0 Å². The van der Waals surface area contributed by atoms with Crippen molar-refractivity contribution in [2.75, 3.05) is 33.9 Å². The number of rotatable bonds is 6. The summed E-state index contributed by atoms with van der Waals surface area (Å²) in [6, 6.07) is 0.360. The number of hydrogen-bond donors (Lipinski definition) is 1. The Morgan fingerprint density at radius 3 is 2.30 bits per heavy atom. The fourth-order valence-corrected chi connectivity index (χ4v) is 3.25. The molecule has 1 rings (SSSR count). The van der Waals surface area contributed by atoms with Crippen molar-refractivity contribution in [2.45, 2.75) is 58.8 Å². The molecule has 0 aromatic rings. The lowest BCUT2D eigenvalue weighted by atomic mass is 9.77. The van der Waals surface area contributed by atoms with E-state index in [4.69, 9.17) is 15.2 Å². The smallest absolute Gasteiger partial charge is 0.158 e. The summed E-state index contributed by atoms with van der Waals surface area (Å²) >= 11 is 0. The van der Waals surface area contributed by atoms with Gasteiger partial charge in [0.1, 0.15) is 0 Å². The number of nitrogens with two attached hydrogens (primary N) is 1. The van der Waals surface area contributed by atoms with Crippen LogP contribution >= 0.6 is 0 Å². The maximum atomic E-state index is 5.98. The third-order valence-corrected chi connectivity index (χ3v) is 4.77. The van der Waals surface area contributed by atoms with Gasteiger partial charge in [-0.05, 0) is 43.7 Å². The van der Waals surface area contributed by atoms with Gasteiger partial charge in [0.2, 0.25) is 0 Å². The molecule has 4 nitrogen and oxygen atoms in total. The first-order valence-corrected chi connectivity index (χ1v) is 7.92. The van der Waals surface area contributed by atoms with Crippen LogP contribution in [0.3, 0.4) is 0 Å². The third kappa shape index (κ3) is 5.32. The summed E-state index contributed by atoms with van der Waals surface area (Å²) in [5, 5.41) is 0. The van der Waals surface area contributed by atoms with Gasteiger partial charge < -0.3 is 15.2 Å². The van der Waals surface area contributed by atoms with E-state index >= 15 is 0 Å². The van der Waals surface area contributed by atoms with Crippen molar-refractivity contribution < 1.29 is 9.47 Å². The van der Waals surface area contributed by atoms with Crippen molar-refractivity contribution >= 4 is 0 Å². The predicted molar refractivity (Wildman–Crippen MR) is 83.6 cm³/mol. The second kappa shape index (κ2) is 8.32. The van der Waals surface area contributed by atoms with Gasteiger partial charge in [-0.2, -0.15) is 0 Å². The molecular formula is C16H34N2O2. The van der Waals surface area contributed by atoms with Crippen LogP contribution in [-0.4, -0.2) is 51.1 Å². The van der Waals surface area contributed by atoms with Crippen molar-refractivity contribution in [2.24, 2.45) is 17.1 Å². The summed E-state index contributed by atoms with van der Waals surface area (Å²) < 4.78 is 10.6. The van der Waals surface area contributed by atoms with Crippen LogP contribution in [-0.2, 0) is 9.47 Å². The lowest BCUT2D eigenvalue weighted by Crippen LogP contribution is -2.44. The van der Waals surface area contributed by atoms with E-state index in [1.807, 2.05) is 0 Å². The molecule has 2 N–H and O–H groups in total. The summed E-state index contributed by atoms with van der Waals surface area (Å²) in [4.78, 5) is 2.54. The van der Waals surface area contributed by atoms with Gasteiger partial charge in [-0.1, -0.05) is 20.8 Å². The Morgan fingerprint density at radius 1 is 1.15 bits per heavy atom. The van der Waals surface area contributed by atoms with Crippen LogP contribution in [0.25, 0.3) is 0 Å². The predicted octanol–water partition coefficient (Wildman–Crippen LogP) is 2.47. The first kappa shape index (κ1) is 17.9. The second-order valence-electron chi connectivity index (χ2n) is 7.06. The monoisotopic (exact) mass is 286 g/mol. The summed E-state index contributed by atoms with van der Waals surface area (Å²) in [6.07, 6.45) is 4.57. The summed E-state index contributed by atoms with van der Waals surface area (Å²) in [5.41, 5.74) is 6.39. The van der Waals surface area contributed by atoms with Crippen molar-refractivity contribution in [3.8, 4) is 0 Å². The molecule has 0 spiro atoms. The average molecular weight is 286 g/mol. The molecule has 0 saturated carbocycles. The minimum Gasteiger partial charge on any atom is -0.356 e. The Kier molecular flexibility index (Phi) is 7.45. The van der Waals surface area contributed by atoms with Gasteiger partial charge in [-0.3, -0.25) is 4.90 Å². The lowest BCUT2D eigenvalue weighted by molar-refractivity contribution is -0.116. The number of methoxy groups -OCH3 is 2. The van der Waals surface area contributed by atoms with E-state index in [2.05, 4.69) is 25.7 Å². The molecule has 0 aromatic carbocycles. The van der Waals surface area contributed by atoms with Gasteiger partial charge in [0.15, 0.2) is 6.29 Å². The minimum absolute atomic E-state index is 0.148. The van der Waals surface area contributed by atoms with Crippen molar-refractivity contribution in [1.82, 2.24) is 4.90 Å². The molecule has 20 heavy (non-hydrogen) atoms. The van der Waals surface area contributed by atoms with E-state index in [-0.39, 0.29) is 6.29 Å². The largest absolute Gasteiger partial charge is 0.356 e. The fraction of sp³-hybridized carbons (Fsp3) is 1.00. The Labute approximate surface area is 125 Å². The molecule has 1 fully saturated rings. The van der Waals surface area contributed by atoms with Crippen LogP contribution in [0.4, 0.5) is 0 Å². The van der Waals surface area contributed by atoms with Gasteiger partial charge in [-0.15, -0.1) is 0 Å². The second-order valence-corrected chi connectivity index (χ2v) is 7.06. The highest BCUT2D eigenvalue weighted by atomic mass is 16.7. The Morgan fingerprint density at radius 2 is 1.80 bits per heavy atom. The summed E-state index contributed by atoms with van der Waals surface area (Å²) in [5.74, 6) is 0.812. The van der Waals surface area contributed by atoms with E-state index in [1.165, 1.54) is 19.3 Å². The van der Waals surface area contributed by atoms with Gasteiger partial charge in [-0.25, -0.2) is 0 Å². The van der Waals surface area contributed by atoms with Crippen LogP contribution < -0.4 is 5.73 Å². The van der Waals surface area contributed by atoms with Crippen molar-refractivity contribution in [1.29, 1.82) is 0 Å². The molecule has 0 aliphatic carbocycles. The van der Waals surface area contributed by atoms with Crippen LogP contribution in [0.5, 0.6) is 0 Å². The van der Waals surface area contributed by atoms with Gasteiger partial charge in [0, 0.05) is 33.2 Å². The molecule has 1 saturated heterocycles. The number of ether oxygens (including phenoxy) is 2. The van der Waals surface area contributed by atoms with E-state index in [0.717, 1.165) is 25.4 Å². The molecule has 2 atom stereocenters. The molecule has 1 aliphatic rings. The van der Waals surface area contributed by atoms with E-state index in [1.54, 1.807) is 14.2 Å². The minimum atomic E-state index is -0.148. The molecule has 0 aromatic heterocycles. The Balaban J connectivity index is 2.57. The Bertz CT molecular complexity index is 262. The Hall–Kier alpha value is -0.160. The zero-order valence-electron chi connectivity index (χ0n) is 14.0. The van der Waals surface area contributed by atoms with Crippen molar-refractivity contribution in [3.63, 3.8) is 0 Å². The molecule has 0 bridgehead atoms.